The Kier molecular flexibility index (Phi) is 8.54. The van der Waals surface area contributed by atoms with Gasteiger partial charge in [0.2, 0.25) is 0 Å². The number of nitrogens with zero attached hydrogens (tertiary/aromatic N) is 6. The Hall–Kier alpha value is -5.06. The minimum atomic E-state index is -4.62. The summed E-state index contributed by atoms with van der Waals surface area (Å²) in [5.41, 5.74) is 4.29. The molecule has 0 radical (unpaired) electrons. The lowest BCUT2D eigenvalue weighted by Crippen LogP contribution is -2.49. The van der Waals surface area contributed by atoms with Gasteiger partial charge in [-0.25, -0.2) is 9.78 Å². The van der Waals surface area contributed by atoms with E-state index in [4.69, 9.17) is 11.0 Å². The Labute approximate surface area is 213 Å². The second-order valence-corrected chi connectivity index (χ2v) is 7.80. The normalized spacial score (nSPS) is 13.1. The molecule has 1 aliphatic rings. The Morgan fingerprint density at radius 3 is 2.26 bits per heavy atom. The standard InChI is InChI=1S/C17H15F3N4O3.C7H5N3O/c18-17(19,20)12-4-2-1-3-11(12)15(25)24-9-7-23(8-10-24)13-5-6-21-22-14(13)16(26)27;8-3-5-1-2-6(7(9)11)10-4-5/h1-6H,7-10H2,(H,26,27);1-2,4H,(H2,9,11). The van der Waals surface area contributed by atoms with Crippen LogP contribution in [0.1, 0.15) is 42.5 Å². The molecular weight excluding hydrogens is 507 g/mol. The zero-order valence-electron chi connectivity index (χ0n) is 19.6. The number of aromatic nitrogens is 3. The summed E-state index contributed by atoms with van der Waals surface area (Å²) in [6, 6.07) is 11.0. The second kappa shape index (κ2) is 11.8. The first-order chi connectivity index (χ1) is 18.0. The van der Waals surface area contributed by atoms with Gasteiger partial charge in [-0.3, -0.25) is 9.59 Å². The van der Waals surface area contributed by atoms with Gasteiger partial charge >= 0.3 is 12.1 Å². The van der Waals surface area contributed by atoms with Crippen LogP contribution in [0.15, 0.2) is 54.9 Å². The SMILES string of the molecule is N#Cc1ccc(C(N)=O)nc1.O=C(O)c1nnccc1N1CCN(C(=O)c2ccccc2C(F)(F)F)CC1. The Morgan fingerprint density at radius 1 is 1.03 bits per heavy atom. The predicted molar refractivity (Wildman–Crippen MR) is 126 cm³/mol. The van der Waals surface area contributed by atoms with E-state index in [0.29, 0.717) is 11.3 Å². The smallest absolute Gasteiger partial charge is 0.417 e. The molecule has 0 aliphatic carbocycles. The number of aromatic carboxylic acids is 1. The number of pyridine rings is 1. The van der Waals surface area contributed by atoms with Crippen LogP contribution in [0.4, 0.5) is 18.9 Å². The maximum atomic E-state index is 13.1. The molecule has 0 spiro atoms. The van der Waals surface area contributed by atoms with Gasteiger partial charge < -0.3 is 20.6 Å². The van der Waals surface area contributed by atoms with Crippen LogP contribution in [0.2, 0.25) is 0 Å². The van der Waals surface area contributed by atoms with Crippen LogP contribution in [0.25, 0.3) is 0 Å². The van der Waals surface area contributed by atoms with E-state index in [2.05, 4.69) is 15.2 Å². The van der Waals surface area contributed by atoms with Crippen molar-refractivity contribution >= 4 is 23.5 Å². The van der Waals surface area contributed by atoms with Gasteiger partial charge in [0.1, 0.15) is 11.8 Å². The fraction of sp³-hybridized carbons (Fsp3) is 0.208. The number of nitrogens with two attached hydrogens (primary N) is 1. The summed E-state index contributed by atoms with van der Waals surface area (Å²) in [4.78, 5) is 41.0. The largest absolute Gasteiger partial charge is 0.476 e. The number of amides is 2. The number of carbonyl (C=O) groups is 3. The van der Waals surface area contributed by atoms with Crippen molar-refractivity contribution in [1.29, 1.82) is 5.26 Å². The van der Waals surface area contributed by atoms with E-state index in [0.717, 1.165) is 12.1 Å². The molecule has 0 bridgehead atoms. The molecule has 14 heteroatoms. The Bertz CT molecular complexity index is 1370. The third-order valence-corrected chi connectivity index (χ3v) is 5.42. The molecule has 4 rings (SSSR count). The van der Waals surface area contributed by atoms with Crippen molar-refractivity contribution in [3.8, 4) is 6.07 Å². The monoisotopic (exact) mass is 527 g/mol. The van der Waals surface area contributed by atoms with Crippen LogP contribution < -0.4 is 10.6 Å². The van der Waals surface area contributed by atoms with Crippen molar-refractivity contribution in [3.63, 3.8) is 0 Å². The van der Waals surface area contributed by atoms with E-state index < -0.39 is 35.1 Å². The third-order valence-electron chi connectivity index (χ3n) is 5.42. The van der Waals surface area contributed by atoms with Crippen molar-refractivity contribution in [1.82, 2.24) is 20.1 Å². The van der Waals surface area contributed by atoms with E-state index in [1.54, 1.807) is 4.90 Å². The number of carboxylic acid groups (broad SMARTS) is 1. The van der Waals surface area contributed by atoms with Crippen LogP contribution in [-0.2, 0) is 6.18 Å². The lowest BCUT2D eigenvalue weighted by atomic mass is 10.1. The molecule has 3 N–H and O–H groups in total. The molecule has 1 aliphatic heterocycles. The van der Waals surface area contributed by atoms with Gasteiger partial charge in [0.25, 0.3) is 11.8 Å². The van der Waals surface area contributed by atoms with Gasteiger partial charge in [0, 0.05) is 32.4 Å². The zero-order chi connectivity index (χ0) is 27.9. The average Bonchev–Trinajstić information content (AvgIpc) is 2.92. The highest BCUT2D eigenvalue weighted by molar-refractivity contribution is 5.96. The number of halogens is 3. The number of carboxylic acids is 1. The molecule has 0 atom stereocenters. The fourth-order valence-corrected chi connectivity index (χ4v) is 3.58. The first-order valence-corrected chi connectivity index (χ1v) is 10.9. The van der Waals surface area contributed by atoms with E-state index >= 15 is 0 Å². The summed E-state index contributed by atoms with van der Waals surface area (Å²) in [6.45, 7) is 0.858. The van der Waals surface area contributed by atoms with Gasteiger partial charge in [-0.2, -0.15) is 23.5 Å². The number of rotatable bonds is 4. The van der Waals surface area contributed by atoms with Crippen molar-refractivity contribution in [2.75, 3.05) is 31.1 Å². The summed E-state index contributed by atoms with van der Waals surface area (Å²) < 4.78 is 39.4. The summed E-state index contributed by atoms with van der Waals surface area (Å²) in [6.07, 6.45) is -1.95. The summed E-state index contributed by atoms with van der Waals surface area (Å²) in [5, 5.41) is 24.7. The molecule has 2 aromatic heterocycles. The van der Waals surface area contributed by atoms with E-state index in [1.165, 1.54) is 47.6 Å². The quantitative estimate of drug-likeness (QED) is 0.517. The highest BCUT2D eigenvalue weighted by Crippen LogP contribution is 2.32. The first-order valence-electron chi connectivity index (χ1n) is 10.9. The second-order valence-electron chi connectivity index (χ2n) is 7.80. The predicted octanol–water partition coefficient (Wildman–Crippen LogP) is 2.21. The highest BCUT2D eigenvalue weighted by atomic mass is 19.4. The molecule has 2 amide bonds. The topological polar surface area (TPSA) is 166 Å². The average molecular weight is 527 g/mol. The van der Waals surface area contributed by atoms with Crippen LogP contribution >= 0.6 is 0 Å². The zero-order valence-corrected chi connectivity index (χ0v) is 19.6. The number of primary amides is 1. The van der Waals surface area contributed by atoms with Crippen molar-refractivity contribution in [2.45, 2.75) is 6.18 Å². The number of anilines is 1. The van der Waals surface area contributed by atoms with Gasteiger partial charge in [0.15, 0.2) is 5.69 Å². The molecule has 0 saturated carbocycles. The third kappa shape index (κ3) is 6.58. The summed E-state index contributed by atoms with van der Waals surface area (Å²) in [5.74, 6) is -2.51. The number of piperazine rings is 1. The number of alkyl halides is 3. The number of benzene rings is 1. The number of carbonyl (C=O) groups excluding carboxylic acids is 2. The van der Waals surface area contributed by atoms with Gasteiger partial charge in [-0.15, -0.1) is 5.10 Å². The Balaban J connectivity index is 0.000000304. The van der Waals surface area contributed by atoms with Crippen molar-refractivity contribution in [2.24, 2.45) is 5.73 Å². The molecular formula is C24H20F3N7O4. The maximum Gasteiger partial charge on any atom is 0.417 e. The lowest BCUT2D eigenvalue weighted by Gasteiger charge is -2.36. The van der Waals surface area contributed by atoms with Crippen LogP contribution in [0, 0.1) is 11.3 Å². The fourth-order valence-electron chi connectivity index (χ4n) is 3.58. The van der Waals surface area contributed by atoms with Crippen LogP contribution in [0.3, 0.4) is 0 Å². The van der Waals surface area contributed by atoms with E-state index in [-0.39, 0.29) is 37.6 Å². The summed E-state index contributed by atoms with van der Waals surface area (Å²) in [7, 11) is 0. The maximum absolute atomic E-state index is 13.1. The number of nitriles is 1. The lowest BCUT2D eigenvalue weighted by molar-refractivity contribution is -0.138. The van der Waals surface area contributed by atoms with E-state index in [9.17, 15) is 32.7 Å². The van der Waals surface area contributed by atoms with Crippen molar-refractivity contribution < 1.29 is 32.7 Å². The molecule has 3 heterocycles. The number of hydrogen-bond donors (Lipinski definition) is 2. The molecule has 1 fully saturated rings. The molecule has 196 valence electrons. The van der Waals surface area contributed by atoms with Gasteiger partial charge in [0.05, 0.1) is 28.6 Å². The number of hydrogen-bond acceptors (Lipinski definition) is 8. The highest BCUT2D eigenvalue weighted by Gasteiger charge is 2.36. The molecule has 11 nitrogen and oxygen atoms in total. The van der Waals surface area contributed by atoms with E-state index in [1.807, 2.05) is 6.07 Å². The Morgan fingerprint density at radius 2 is 1.71 bits per heavy atom. The van der Waals surface area contributed by atoms with Crippen LogP contribution in [0.5, 0.6) is 0 Å². The molecule has 1 aromatic carbocycles. The van der Waals surface area contributed by atoms with Crippen LogP contribution in [-0.4, -0.2) is 69.2 Å². The first kappa shape index (κ1) is 27.5. The molecule has 3 aromatic rings. The van der Waals surface area contributed by atoms with Gasteiger partial charge in [-0.1, -0.05) is 12.1 Å². The minimum absolute atomic E-state index is 0.159. The molecule has 0 unspecified atom stereocenters. The molecule has 1 saturated heterocycles. The minimum Gasteiger partial charge on any atom is -0.476 e. The summed E-state index contributed by atoms with van der Waals surface area (Å²) >= 11 is 0. The van der Waals surface area contributed by atoms with Gasteiger partial charge in [-0.05, 0) is 30.3 Å². The van der Waals surface area contributed by atoms with Crippen molar-refractivity contribution in [3.05, 3.63) is 82.9 Å². The molecule has 38 heavy (non-hydrogen) atoms.